The van der Waals surface area contributed by atoms with Gasteiger partial charge in [0.2, 0.25) is 0 Å². The molecule has 2 aliphatic heterocycles. The number of likely N-dealkylation sites (tertiary alicyclic amines) is 1. The highest BCUT2D eigenvalue weighted by Crippen LogP contribution is 2.24. The zero-order chi connectivity index (χ0) is 23.9. The van der Waals surface area contributed by atoms with Crippen LogP contribution < -0.4 is 14.8 Å². The minimum atomic E-state index is -0.120. The minimum Gasteiger partial charge on any atom is -0.490 e. The van der Waals surface area contributed by atoms with Crippen LogP contribution in [0.1, 0.15) is 35.2 Å². The Hall–Kier alpha value is -3.35. The van der Waals surface area contributed by atoms with Crippen molar-refractivity contribution in [2.24, 2.45) is 0 Å². The Morgan fingerprint density at radius 2 is 1.63 bits per heavy atom. The molecule has 0 aliphatic carbocycles. The Morgan fingerprint density at radius 1 is 0.886 bits per heavy atom. The van der Waals surface area contributed by atoms with Crippen LogP contribution >= 0.6 is 0 Å². The number of ether oxygens (including phenoxy) is 3. The zero-order valence-corrected chi connectivity index (χ0v) is 19.9. The lowest BCUT2D eigenvalue weighted by Gasteiger charge is -2.35. The van der Waals surface area contributed by atoms with Gasteiger partial charge in [0.05, 0.1) is 6.61 Å². The Morgan fingerprint density at radius 3 is 2.37 bits per heavy atom. The second-order valence-electron chi connectivity index (χ2n) is 9.14. The second kappa shape index (κ2) is 11.4. The summed E-state index contributed by atoms with van der Waals surface area (Å²) >= 11 is 0. The smallest absolute Gasteiger partial charge is 0.251 e. The molecule has 182 valence electrons. The fourth-order valence-electron chi connectivity index (χ4n) is 4.67. The first-order chi connectivity index (χ1) is 17.2. The van der Waals surface area contributed by atoms with Crippen molar-refractivity contribution in [1.82, 2.24) is 10.2 Å². The molecule has 6 heteroatoms. The molecule has 6 nitrogen and oxygen atoms in total. The number of hydrogen-bond donors (Lipinski definition) is 1. The average Bonchev–Trinajstić information content (AvgIpc) is 3.44. The van der Waals surface area contributed by atoms with Crippen molar-refractivity contribution < 1.29 is 19.0 Å². The summed E-state index contributed by atoms with van der Waals surface area (Å²) in [6, 6.07) is 25.3. The van der Waals surface area contributed by atoms with E-state index >= 15 is 0 Å². The number of para-hydroxylation sites is 1. The number of carbonyl (C=O) groups excluding carboxylic acids is 1. The molecule has 0 aromatic heterocycles. The Balaban J connectivity index is 1.09. The minimum absolute atomic E-state index is 0.120. The maximum atomic E-state index is 12.6. The average molecular weight is 473 g/mol. The van der Waals surface area contributed by atoms with Crippen LogP contribution in [-0.2, 0) is 11.3 Å². The summed E-state index contributed by atoms with van der Waals surface area (Å²) in [5, 5.41) is 3.00. The van der Waals surface area contributed by atoms with E-state index in [1.54, 1.807) is 24.3 Å². The molecule has 3 aromatic carbocycles. The van der Waals surface area contributed by atoms with E-state index in [1.165, 1.54) is 0 Å². The molecular formula is C29H32N2O4. The highest BCUT2D eigenvalue weighted by Gasteiger charge is 2.28. The largest absolute Gasteiger partial charge is 0.490 e. The lowest BCUT2D eigenvalue weighted by molar-refractivity contribution is 0.0685. The monoisotopic (exact) mass is 472 g/mol. The van der Waals surface area contributed by atoms with Crippen LogP contribution in [0.3, 0.4) is 0 Å². The first-order valence-electron chi connectivity index (χ1n) is 12.4. The number of piperidine rings is 1. The fourth-order valence-corrected chi connectivity index (χ4v) is 4.67. The van der Waals surface area contributed by atoms with Crippen molar-refractivity contribution in [3.05, 3.63) is 90.0 Å². The first kappa shape index (κ1) is 23.4. The molecule has 3 aromatic rings. The third-order valence-electron chi connectivity index (χ3n) is 6.65. The van der Waals surface area contributed by atoms with Gasteiger partial charge in [-0.2, -0.15) is 0 Å². The van der Waals surface area contributed by atoms with Gasteiger partial charge in [-0.1, -0.05) is 30.3 Å². The maximum Gasteiger partial charge on any atom is 0.251 e. The summed E-state index contributed by atoms with van der Waals surface area (Å²) in [7, 11) is 0. The van der Waals surface area contributed by atoms with E-state index in [-0.39, 0.29) is 12.0 Å². The summed E-state index contributed by atoms with van der Waals surface area (Å²) in [6.45, 7) is 4.31. The van der Waals surface area contributed by atoms with Crippen LogP contribution in [0.2, 0.25) is 0 Å². The van der Waals surface area contributed by atoms with Gasteiger partial charge in [-0.25, -0.2) is 0 Å². The number of nitrogens with one attached hydrogen (secondary N) is 1. The molecule has 2 fully saturated rings. The van der Waals surface area contributed by atoms with Crippen molar-refractivity contribution >= 4 is 5.91 Å². The van der Waals surface area contributed by atoms with Crippen LogP contribution in [0.25, 0.3) is 0 Å². The molecule has 0 spiro atoms. The molecule has 0 saturated carbocycles. The Bertz CT molecular complexity index is 1090. The molecular weight excluding hydrogens is 440 g/mol. The van der Waals surface area contributed by atoms with Gasteiger partial charge in [0.25, 0.3) is 5.91 Å². The van der Waals surface area contributed by atoms with Crippen molar-refractivity contribution in [2.75, 3.05) is 26.3 Å². The van der Waals surface area contributed by atoms with Crippen LogP contribution in [0.5, 0.6) is 17.2 Å². The van der Waals surface area contributed by atoms with Crippen LogP contribution in [-0.4, -0.2) is 49.3 Å². The van der Waals surface area contributed by atoms with Gasteiger partial charge in [0.15, 0.2) is 0 Å². The molecule has 2 saturated heterocycles. The normalized spacial score (nSPS) is 18.8. The first-order valence-corrected chi connectivity index (χ1v) is 12.4. The van der Waals surface area contributed by atoms with E-state index in [2.05, 4.69) is 10.2 Å². The Labute approximate surface area is 206 Å². The summed E-state index contributed by atoms with van der Waals surface area (Å²) in [6.07, 6.45) is 3.43. The van der Waals surface area contributed by atoms with E-state index in [0.717, 1.165) is 62.6 Å². The van der Waals surface area contributed by atoms with E-state index in [1.807, 2.05) is 54.6 Å². The lowest BCUT2D eigenvalue weighted by Crippen LogP contribution is -2.44. The molecule has 0 bridgehead atoms. The quantitative estimate of drug-likeness (QED) is 0.498. The van der Waals surface area contributed by atoms with Gasteiger partial charge < -0.3 is 19.5 Å². The molecule has 5 rings (SSSR count). The maximum absolute atomic E-state index is 12.6. The van der Waals surface area contributed by atoms with Gasteiger partial charge in [-0.3, -0.25) is 9.69 Å². The zero-order valence-electron chi connectivity index (χ0n) is 19.9. The van der Waals surface area contributed by atoms with E-state index in [0.29, 0.717) is 23.9 Å². The van der Waals surface area contributed by atoms with Crippen molar-refractivity contribution in [3.8, 4) is 17.2 Å². The van der Waals surface area contributed by atoms with E-state index in [9.17, 15) is 4.79 Å². The number of amides is 1. The van der Waals surface area contributed by atoms with Crippen molar-refractivity contribution in [1.29, 1.82) is 0 Å². The molecule has 1 amide bonds. The number of hydrogen-bond acceptors (Lipinski definition) is 5. The highest BCUT2D eigenvalue weighted by molar-refractivity contribution is 5.94. The predicted octanol–water partition coefficient (Wildman–Crippen LogP) is 5.04. The predicted molar refractivity (Wildman–Crippen MR) is 135 cm³/mol. The second-order valence-corrected chi connectivity index (χ2v) is 9.14. The third kappa shape index (κ3) is 6.41. The Kier molecular flexibility index (Phi) is 7.61. The molecule has 0 radical (unpaired) electrons. The highest BCUT2D eigenvalue weighted by atomic mass is 16.5. The molecule has 1 unspecified atom stereocenters. The SMILES string of the molecule is O=C(NCc1cccc(OC2CCN(C3CCOC3)CC2)c1)c1ccc(Oc2ccccc2)cc1. The number of benzene rings is 3. The summed E-state index contributed by atoms with van der Waals surface area (Å²) in [5.74, 6) is 2.20. The topological polar surface area (TPSA) is 60.0 Å². The van der Waals surface area contributed by atoms with Gasteiger partial charge in [0, 0.05) is 37.8 Å². The molecule has 1 N–H and O–H groups in total. The standard InChI is InChI=1S/C29H32N2O4/c32-29(23-9-11-26(12-10-23)34-25-6-2-1-3-7-25)30-20-22-5-4-8-28(19-22)35-27-13-16-31(17-14-27)24-15-18-33-21-24/h1-12,19,24,27H,13-18,20-21H2,(H,30,32). The van der Waals surface area contributed by atoms with E-state index < -0.39 is 0 Å². The molecule has 1 atom stereocenters. The molecule has 2 heterocycles. The van der Waals surface area contributed by atoms with Gasteiger partial charge in [0.1, 0.15) is 23.4 Å². The van der Waals surface area contributed by atoms with Gasteiger partial charge in [-0.05, 0) is 73.4 Å². The number of carbonyl (C=O) groups is 1. The summed E-state index contributed by atoms with van der Waals surface area (Å²) < 4.78 is 17.6. The van der Waals surface area contributed by atoms with Gasteiger partial charge >= 0.3 is 0 Å². The molecule has 35 heavy (non-hydrogen) atoms. The van der Waals surface area contributed by atoms with Gasteiger partial charge in [-0.15, -0.1) is 0 Å². The lowest BCUT2D eigenvalue weighted by atomic mass is 10.0. The summed E-state index contributed by atoms with van der Waals surface area (Å²) in [4.78, 5) is 15.2. The fraction of sp³-hybridized carbons (Fsp3) is 0.345. The van der Waals surface area contributed by atoms with Crippen LogP contribution in [0, 0.1) is 0 Å². The molecule has 2 aliphatic rings. The third-order valence-corrected chi connectivity index (χ3v) is 6.65. The number of rotatable bonds is 8. The van der Waals surface area contributed by atoms with Crippen molar-refractivity contribution in [3.63, 3.8) is 0 Å². The summed E-state index contributed by atoms with van der Waals surface area (Å²) in [5.41, 5.74) is 1.61. The number of nitrogens with zero attached hydrogens (tertiary/aromatic N) is 1. The van der Waals surface area contributed by atoms with E-state index in [4.69, 9.17) is 14.2 Å². The van der Waals surface area contributed by atoms with Crippen molar-refractivity contribution in [2.45, 2.75) is 38.0 Å². The van der Waals surface area contributed by atoms with Crippen LogP contribution in [0.15, 0.2) is 78.9 Å². The van der Waals surface area contributed by atoms with Crippen LogP contribution in [0.4, 0.5) is 0 Å².